The van der Waals surface area contributed by atoms with Gasteiger partial charge in [0.05, 0.1) is 19.9 Å². The summed E-state index contributed by atoms with van der Waals surface area (Å²) in [5.41, 5.74) is 7.22. The van der Waals surface area contributed by atoms with Crippen molar-refractivity contribution in [2.75, 3.05) is 33.4 Å². The highest BCUT2D eigenvalue weighted by Crippen LogP contribution is 2.24. The second kappa shape index (κ2) is 8.44. The van der Waals surface area contributed by atoms with Crippen LogP contribution in [0, 0.1) is 0 Å². The van der Waals surface area contributed by atoms with Gasteiger partial charge >= 0.3 is 5.97 Å². The maximum atomic E-state index is 12.5. The van der Waals surface area contributed by atoms with Gasteiger partial charge in [0.2, 0.25) is 0 Å². The molecule has 0 saturated heterocycles. The van der Waals surface area contributed by atoms with Gasteiger partial charge in [0, 0.05) is 30.8 Å². The van der Waals surface area contributed by atoms with Crippen molar-refractivity contribution in [2.45, 2.75) is 12.8 Å². The molecule has 0 saturated carbocycles. The molecule has 0 unspecified atom stereocenters. The summed E-state index contributed by atoms with van der Waals surface area (Å²) in [4.78, 5) is 25.3. The standard InChI is InChI=1S/C17H21FN2O4/c1-23-16(21)5-7-20-6-4-13-8-14(2-3-15(13)17(20)22)24-11-12(9-18)10-19/h2-3,8-9H,4-7,10-11,19H2,1H3/b12-9+. The van der Waals surface area contributed by atoms with E-state index in [1.807, 2.05) is 0 Å². The molecular formula is C17H21FN2O4. The molecule has 2 rings (SSSR count). The van der Waals surface area contributed by atoms with Crippen molar-refractivity contribution in [1.82, 2.24) is 4.90 Å². The molecule has 0 atom stereocenters. The lowest BCUT2D eigenvalue weighted by molar-refractivity contribution is -0.140. The quantitative estimate of drug-likeness (QED) is 0.762. The second-order valence-electron chi connectivity index (χ2n) is 5.45. The molecule has 1 aliphatic rings. The summed E-state index contributed by atoms with van der Waals surface area (Å²) >= 11 is 0. The molecule has 6 nitrogen and oxygen atoms in total. The average molecular weight is 336 g/mol. The predicted molar refractivity (Wildman–Crippen MR) is 86.4 cm³/mol. The Balaban J connectivity index is 2.02. The van der Waals surface area contributed by atoms with Gasteiger partial charge in [0.25, 0.3) is 5.91 Å². The predicted octanol–water partition coefficient (Wildman–Crippen LogP) is 1.44. The fourth-order valence-electron chi connectivity index (χ4n) is 2.46. The van der Waals surface area contributed by atoms with Crippen LogP contribution < -0.4 is 10.5 Å². The van der Waals surface area contributed by atoms with Crippen molar-refractivity contribution < 1.29 is 23.5 Å². The van der Waals surface area contributed by atoms with Crippen LogP contribution in [-0.2, 0) is 16.0 Å². The molecule has 1 aliphatic heterocycles. The summed E-state index contributed by atoms with van der Waals surface area (Å²) in [5, 5.41) is 0. The van der Waals surface area contributed by atoms with Gasteiger partial charge in [-0.25, -0.2) is 4.39 Å². The summed E-state index contributed by atoms with van der Waals surface area (Å²) in [6, 6.07) is 5.16. The fourth-order valence-corrected chi connectivity index (χ4v) is 2.46. The molecule has 0 spiro atoms. The fraction of sp³-hybridized carbons (Fsp3) is 0.412. The lowest BCUT2D eigenvalue weighted by Gasteiger charge is -2.28. The molecule has 1 aromatic carbocycles. The minimum atomic E-state index is -0.339. The first-order valence-corrected chi connectivity index (χ1v) is 7.69. The number of esters is 1. The van der Waals surface area contributed by atoms with Crippen LogP contribution in [0.15, 0.2) is 30.1 Å². The maximum Gasteiger partial charge on any atom is 0.307 e. The number of nitrogens with two attached hydrogens (primary N) is 1. The van der Waals surface area contributed by atoms with Gasteiger partial charge in [-0.05, 0) is 30.2 Å². The van der Waals surface area contributed by atoms with E-state index in [-0.39, 0.29) is 31.4 Å². The number of halogens is 1. The Morgan fingerprint density at radius 3 is 2.92 bits per heavy atom. The number of fused-ring (bicyclic) bond motifs is 1. The normalized spacial score (nSPS) is 14.4. The van der Waals surface area contributed by atoms with Gasteiger partial charge in [-0.1, -0.05) is 0 Å². The number of hydrogen-bond acceptors (Lipinski definition) is 5. The van der Waals surface area contributed by atoms with Gasteiger partial charge in [-0.3, -0.25) is 9.59 Å². The van der Waals surface area contributed by atoms with Crippen molar-refractivity contribution in [2.24, 2.45) is 5.73 Å². The van der Waals surface area contributed by atoms with E-state index in [0.717, 1.165) is 5.56 Å². The largest absolute Gasteiger partial charge is 0.489 e. The number of carbonyl (C=O) groups is 2. The molecule has 0 aromatic heterocycles. The van der Waals surface area contributed by atoms with E-state index in [2.05, 4.69) is 4.74 Å². The number of amides is 1. The molecule has 1 amide bonds. The zero-order chi connectivity index (χ0) is 17.5. The molecule has 1 aromatic rings. The molecule has 0 fully saturated rings. The van der Waals surface area contributed by atoms with Gasteiger partial charge in [0.1, 0.15) is 12.4 Å². The van der Waals surface area contributed by atoms with E-state index in [9.17, 15) is 14.0 Å². The third kappa shape index (κ3) is 4.32. The number of rotatable bonds is 7. The van der Waals surface area contributed by atoms with Crippen LogP contribution >= 0.6 is 0 Å². The number of methoxy groups -OCH3 is 1. The summed E-state index contributed by atoms with van der Waals surface area (Å²) in [7, 11) is 1.32. The van der Waals surface area contributed by atoms with Crippen LogP contribution in [0.3, 0.4) is 0 Å². The number of ether oxygens (including phenoxy) is 2. The van der Waals surface area contributed by atoms with E-state index in [1.165, 1.54) is 7.11 Å². The minimum absolute atomic E-state index is 0.0744. The van der Waals surface area contributed by atoms with E-state index in [4.69, 9.17) is 10.5 Å². The van der Waals surface area contributed by atoms with Crippen molar-refractivity contribution in [3.8, 4) is 5.75 Å². The second-order valence-corrected chi connectivity index (χ2v) is 5.45. The first-order valence-electron chi connectivity index (χ1n) is 7.69. The highest BCUT2D eigenvalue weighted by molar-refractivity contribution is 5.97. The van der Waals surface area contributed by atoms with Crippen LogP contribution in [0.2, 0.25) is 0 Å². The van der Waals surface area contributed by atoms with E-state index < -0.39 is 0 Å². The maximum absolute atomic E-state index is 12.5. The molecule has 24 heavy (non-hydrogen) atoms. The third-order valence-electron chi connectivity index (χ3n) is 3.90. The van der Waals surface area contributed by atoms with E-state index >= 15 is 0 Å². The first kappa shape index (κ1) is 17.9. The third-order valence-corrected chi connectivity index (χ3v) is 3.90. The molecule has 2 N–H and O–H groups in total. The summed E-state index contributed by atoms with van der Waals surface area (Å²) in [6.07, 6.45) is 1.29. The Hall–Kier alpha value is -2.41. The van der Waals surface area contributed by atoms with Crippen molar-refractivity contribution >= 4 is 11.9 Å². The highest BCUT2D eigenvalue weighted by atomic mass is 19.1. The Labute approximate surface area is 140 Å². The number of hydrogen-bond donors (Lipinski definition) is 1. The van der Waals surface area contributed by atoms with Crippen molar-refractivity contribution in [3.63, 3.8) is 0 Å². The molecule has 0 aliphatic carbocycles. The summed E-state index contributed by atoms with van der Waals surface area (Å²) < 4.78 is 22.6. The Kier molecular flexibility index (Phi) is 6.31. The van der Waals surface area contributed by atoms with Crippen LogP contribution in [-0.4, -0.2) is 50.1 Å². The van der Waals surface area contributed by atoms with Crippen molar-refractivity contribution in [1.29, 1.82) is 0 Å². The lowest BCUT2D eigenvalue weighted by atomic mass is 9.98. The Morgan fingerprint density at radius 2 is 2.25 bits per heavy atom. The topological polar surface area (TPSA) is 81.9 Å². The van der Waals surface area contributed by atoms with Crippen LogP contribution in [0.25, 0.3) is 0 Å². The SMILES string of the molecule is COC(=O)CCN1CCc2cc(OC/C(=C/F)CN)ccc2C1=O. The summed E-state index contributed by atoms with van der Waals surface area (Å²) in [5.74, 6) is 0.115. The molecule has 1 heterocycles. The summed E-state index contributed by atoms with van der Waals surface area (Å²) in [6.45, 7) is 1.04. The zero-order valence-corrected chi connectivity index (χ0v) is 13.6. The monoisotopic (exact) mass is 336 g/mol. The van der Waals surface area contributed by atoms with Gasteiger partial charge in [-0.2, -0.15) is 0 Å². The number of nitrogens with zero attached hydrogens (tertiary/aromatic N) is 1. The molecular weight excluding hydrogens is 315 g/mol. The molecule has 0 bridgehead atoms. The Morgan fingerprint density at radius 1 is 1.46 bits per heavy atom. The van der Waals surface area contributed by atoms with Crippen molar-refractivity contribution in [3.05, 3.63) is 41.2 Å². The molecule has 0 radical (unpaired) electrons. The van der Waals surface area contributed by atoms with Gasteiger partial charge in [0.15, 0.2) is 0 Å². The average Bonchev–Trinajstić information content (AvgIpc) is 2.61. The van der Waals surface area contributed by atoms with Crippen LogP contribution in [0.4, 0.5) is 4.39 Å². The van der Waals surface area contributed by atoms with Gasteiger partial charge < -0.3 is 20.1 Å². The lowest BCUT2D eigenvalue weighted by Crippen LogP contribution is -2.38. The number of benzene rings is 1. The highest BCUT2D eigenvalue weighted by Gasteiger charge is 2.25. The Bertz CT molecular complexity index is 645. The number of carbonyl (C=O) groups excluding carboxylic acids is 2. The zero-order valence-electron chi connectivity index (χ0n) is 13.6. The minimum Gasteiger partial charge on any atom is -0.489 e. The smallest absolute Gasteiger partial charge is 0.307 e. The first-order chi connectivity index (χ1) is 11.6. The van der Waals surface area contributed by atoms with Crippen LogP contribution in [0.5, 0.6) is 5.75 Å². The molecule has 7 heteroatoms. The van der Waals surface area contributed by atoms with Crippen LogP contribution in [0.1, 0.15) is 22.3 Å². The molecule has 130 valence electrons. The van der Waals surface area contributed by atoms with E-state index in [1.54, 1.807) is 23.1 Å². The van der Waals surface area contributed by atoms with Gasteiger partial charge in [-0.15, -0.1) is 0 Å². The van der Waals surface area contributed by atoms with E-state index in [0.29, 0.717) is 42.7 Å².